The number of piperazine rings is 1. The van der Waals surface area contributed by atoms with Gasteiger partial charge in [0.2, 0.25) is 0 Å². The Morgan fingerprint density at radius 3 is 2.79 bits per heavy atom. The van der Waals surface area contributed by atoms with Crippen molar-refractivity contribution >= 4 is 21.6 Å². The summed E-state index contributed by atoms with van der Waals surface area (Å²) in [7, 11) is 0. The van der Waals surface area contributed by atoms with Crippen LogP contribution in [0.1, 0.15) is 11.9 Å². The number of aliphatic hydroxyl groups excluding tert-OH is 1. The van der Waals surface area contributed by atoms with Crippen molar-refractivity contribution in [2.45, 2.75) is 26.2 Å². The van der Waals surface area contributed by atoms with Crippen LogP contribution in [0, 0.1) is 6.92 Å². The summed E-state index contributed by atoms with van der Waals surface area (Å²) in [5.41, 5.74) is 0.954. The predicted octanol–water partition coefficient (Wildman–Crippen LogP) is 2.49. The van der Waals surface area contributed by atoms with Gasteiger partial charge in [0.05, 0.1) is 15.2 Å². The molecule has 1 aliphatic rings. The number of hydrogen-bond acceptors (Lipinski definition) is 6. The Bertz CT molecular complexity index is 693. The van der Waals surface area contributed by atoms with Crippen LogP contribution in [-0.2, 0) is 0 Å². The van der Waals surface area contributed by atoms with Gasteiger partial charge in [-0.05, 0) is 26.0 Å². The van der Waals surface area contributed by atoms with E-state index >= 15 is 0 Å². The molecular weight excluding hydrogens is 322 g/mol. The van der Waals surface area contributed by atoms with E-state index in [0.717, 1.165) is 53.7 Å². The summed E-state index contributed by atoms with van der Waals surface area (Å²) in [5.74, 6) is 0.757. The van der Waals surface area contributed by atoms with E-state index in [1.165, 1.54) is 0 Å². The fraction of sp³-hybridized carbons (Fsp3) is 0.500. The molecule has 2 atom stereocenters. The van der Waals surface area contributed by atoms with Crippen LogP contribution in [0.25, 0.3) is 10.2 Å². The zero-order valence-electron chi connectivity index (χ0n) is 14.3. The molecule has 1 saturated heterocycles. The van der Waals surface area contributed by atoms with Crippen LogP contribution in [-0.4, -0.2) is 64.9 Å². The zero-order valence-corrected chi connectivity index (χ0v) is 15.1. The summed E-state index contributed by atoms with van der Waals surface area (Å²) >= 11 is 1.68. The van der Waals surface area contributed by atoms with Gasteiger partial charge in [-0.25, -0.2) is 4.98 Å². The molecule has 130 valence electrons. The van der Waals surface area contributed by atoms with Crippen molar-refractivity contribution in [2.75, 3.05) is 32.7 Å². The molecule has 3 rings (SSSR count). The van der Waals surface area contributed by atoms with E-state index in [1.54, 1.807) is 18.3 Å². The second-order valence-corrected chi connectivity index (χ2v) is 7.47. The van der Waals surface area contributed by atoms with Crippen LogP contribution in [0.3, 0.4) is 0 Å². The third kappa shape index (κ3) is 3.95. The lowest BCUT2D eigenvalue weighted by Gasteiger charge is -2.39. The van der Waals surface area contributed by atoms with E-state index in [4.69, 9.17) is 4.74 Å². The van der Waals surface area contributed by atoms with Gasteiger partial charge in [0.1, 0.15) is 11.9 Å². The molecular formula is C18H25N3O2S. The average molecular weight is 347 g/mol. The highest BCUT2D eigenvalue weighted by Crippen LogP contribution is 2.27. The van der Waals surface area contributed by atoms with Crippen LogP contribution in [0.5, 0.6) is 5.75 Å². The van der Waals surface area contributed by atoms with Gasteiger partial charge < -0.3 is 9.84 Å². The lowest BCUT2D eigenvalue weighted by atomic mass is 10.2. The molecule has 1 aliphatic heterocycles. The van der Waals surface area contributed by atoms with Crippen molar-refractivity contribution in [1.29, 1.82) is 0 Å². The minimum atomic E-state index is -0.566. The first-order valence-corrected chi connectivity index (χ1v) is 9.17. The number of nitrogens with zero attached hydrogens (tertiary/aromatic N) is 3. The Morgan fingerprint density at radius 2 is 2.12 bits per heavy atom. The number of ether oxygens (including phenoxy) is 1. The summed E-state index contributed by atoms with van der Waals surface area (Å²) in [6.07, 6.45) is 1.03. The Morgan fingerprint density at radius 1 is 1.38 bits per heavy atom. The van der Waals surface area contributed by atoms with Crippen molar-refractivity contribution in [3.8, 4) is 5.75 Å². The Balaban J connectivity index is 1.70. The summed E-state index contributed by atoms with van der Waals surface area (Å²) in [6.45, 7) is 12.2. The Labute approximate surface area is 147 Å². The van der Waals surface area contributed by atoms with Gasteiger partial charge in [-0.1, -0.05) is 6.08 Å². The normalized spacial score (nSPS) is 19.3. The zero-order chi connectivity index (χ0) is 17.1. The summed E-state index contributed by atoms with van der Waals surface area (Å²) < 4.78 is 7.29. The quantitative estimate of drug-likeness (QED) is 0.814. The lowest BCUT2D eigenvalue weighted by Crippen LogP contribution is -2.55. The summed E-state index contributed by atoms with van der Waals surface area (Å²) in [5, 5.41) is 11.3. The summed E-state index contributed by atoms with van der Waals surface area (Å²) in [4.78, 5) is 9.08. The molecule has 1 fully saturated rings. The highest BCUT2D eigenvalue weighted by Gasteiger charge is 2.28. The highest BCUT2D eigenvalue weighted by molar-refractivity contribution is 7.18. The van der Waals surface area contributed by atoms with E-state index in [-0.39, 0.29) is 6.23 Å². The van der Waals surface area contributed by atoms with E-state index in [9.17, 15) is 5.11 Å². The van der Waals surface area contributed by atoms with E-state index in [1.807, 2.05) is 31.2 Å². The molecule has 2 unspecified atom stereocenters. The molecule has 1 N–H and O–H groups in total. The van der Waals surface area contributed by atoms with Crippen molar-refractivity contribution < 1.29 is 9.84 Å². The van der Waals surface area contributed by atoms with Gasteiger partial charge >= 0.3 is 0 Å². The molecule has 0 bridgehead atoms. The van der Waals surface area contributed by atoms with Crippen molar-refractivity contribution in [3.63, 3.8) is 0 Å². The second kappa shape index (κ2) is 7.61. The number of aromatic nitrogens is 1. The topological polar surface area (TPSA) is 48.8 Å². The number of rotatable bonds is 6. The molecule has 1 aromatic heterocycles. The first-order valence-electron chi connectivity index (χ1n) is 8.36. The fourth-order valence-electron chi connectivity index (χ4n) is 3.10. The lowest BCUT2D eigenvalue weighted by molar-refractivity contribution is -0.0734. The average Bonchev–Trinajstić information content (AvgIpc) is 2.93. The predicted molar refractivity (Wildman–Crippen MR) is 98.7 cm³/mol. The maximum absolute atomic E-state index is 10.2. The third-order valence-corrected chi connectivity index (χ3v) is 5.24. The van der Waals surface area contributed by atoms with Crippen LogP contribution in [0.4, 0.5) is 0 Å². The minimum Gasteiger partial charge on any atom is -0.472 e. The van der Waals surface area contributed by atoms with Crippen LogP contribution in [0.2, 0.25) is 0 Å². The van der Waals surface area contributed by atoms with E-state index in [2.05, 4.69) is 21.4 Å². The van der Waals surface area contributed by atoms with Crippen LogP contribution < -0.4 is 4.74 Å². The molecule has 0 radical (unpaired) electrons. The number of hydrogen-bond donors (Lipinski definition) is 1. The van der Waals surface area contributed by atoms with E-state index in [0.29, 0.717) is 0 Å². The minimum absolute atomic E-state index is 0.340. The SMILES string of the molecule is C=CCN1CCN(C(Oc2ccc3sc(C)nc3c2)C(C)O)CC1. The van der Waals surface area contributed by atoms with Crippen LogP contribution >= 0.6 is 11.3 Å². The van der Waals surface area contributed by atoms with Gasteiger partial charge in [0.15, 0.2) is 6.23 Å². The first-order chi connectivity index (χ1) is 11.6. The van der Waals surface area contributed by atoms with Crippen molar-refractivity contribution in [2.24, 2.45) is 0 Å². The van der Waals surface area contributed by atoms with Gasteiger partial charge in [0, 0.05) is 38.8 Å². The fourth-order valence-corrected chi connectivity index (χ4v) is 3.90. The number of thiazole rings is 1. The molecule has 0 aliphatic carbocycles. The number of fused-ring (bicyclic) bond motifs is 1. The standard InChI is InChI=1S/C18H25N3O2S/c1-4-7-20-8-10-21(11-9-20)18(13(2)22)23-15-5-6-17-16(12-15)19-14(3)24-17/h4-6,12-13,18,22H,1,7-11H2,2-3H3. The Kier molecular flexibility index (Phi) is 5.50. The molecule has 0 spiro atoms. The second-order valence-electron chi connectivity index (χ2n) is 6.24. The van der Waals surface area contributed by atoms with Gasteiger partial charge in [0.25, 0.3) is 0 Å². The molecule has 24 heavy (non-hydrogen) atoms. The molecule has 5 nitrogen and oxygen atoms in total. The maximum atomic E-state index is 10.2. The maximum Gasteiger partial charge on any atom is 0.178 e. The Hall–Kier alpha value is -1.47. The van der Waals surface area contributed by atoms with Crippen LogP contribution in [0.15, 0.2) is 30.9 Å². The summed E-state index contributed by atoms with van der Waals surface area (Å²) in [6, 6.07) is 5.96. The third-order valence-electron chi connectivity index (χ3n) is 4.29. The number of benzene rings is 1. The number of aryl methyl sites for hydroxylation is 1. The molecule has 0 amide bonds. The smallest absolute Gasteiger partial charge is 0.178 e. The van der Waals surface area contributed by atoms with Gasteiger partial charge in [-0.2, -0.15) is 0 Å². The first kappa shape index (κ1) is 17.4. The van der Waals surface area contributed by atoms with Crippen molar-refractivity contribution in [1.82, 2.24) is 14.8 Å². The van der Waals surface area contributed by atoms with E-state index < -0.39 is 6.10 Å². The molecule has 2 heterocycles. The monoisotopic (exact) mass is 347 g/mol. The number of aliphatic hydroxyl groups is 1. The molecule has 6 heteroatoms. The molecule has 0 saturated carbocycles. The van der Waals surface area contributed by atoms with Gasteiger partial charge in [-0.15, -0.1) is 17.9 Å². The van der Waals surface area contributed by atoms with Gasteiger partial charge in [-0.3, -0.25) is 9.80 Å². The molecule has 2 aromatic rings. The molecule has 1 aromatic carbocycles. The largest absolute Gasteiger partial charge is 0.472 e. The van der Waals surface area contributed by atoms with Crippen molar-refractivity contribution in [3.05, 3.63) is 35.9 Å². The highest BCUT2D eigenvalue weighted by atomic mass is 32.1.